The van der Waals surface area contributed by atoms with Crippen molar-refractivity contribution < 1.29 is 4.79 Å². The molecule has 0 atom stereocenters. The van der Waals surface area contributed by atoms with Gasteiger partial charge in [-0.1, -0.05) is 68.0 Å². The lowest BCUT2D eigenvalue weighted by molar-refractivity contribution is -0.111. The molecular weight excluding hydrogens is 352 g/mol. The summed E-state index contributed by atoms with van der Waals surface area (Å²) >= 11 is 7.38. The molecule has 0 radical (unpaired) electrons. The number of hydrogen-bond donors (Lipinski definition) is 1. The van der Waals surface area contributed by atoms with Gasteiger partial charge in [-0.15, -0.1) is 0 Å². The van der Waals surface area contributed by atoms with E-state index in [1.807, 2.05) is 24.3 Å². The van der Waals surface area contributed by atoms with Crippen LogP contribution >= 0.6 is 22.9 Å². The Hall–Kier alpha value is -2.17. The normalized spacial score (nSPS) is 12.0. The molecule has 0 saturated carbocycles. The molecule has 0 bridgehead atoms. The maximum Gasteiger partial charge on any atom is 0.250 e. The van der Waals surface area contributed by atoms with Gasteiger partial charge in [-0.2, -0.15) is 0 Å². The summed E-state index contributed by atoms with van der Waals surface area (Å²) in [4.78, 5) is 16.5. The van der Waals surface area contributed by atoms with Crippen molar-refractivity contribution >= 4 is 50.3 Å². The third-order valence-corrected chi connectivity index (χ3v) is 4.95. The van der Waals surface area contributed by atoms with Gasteiger partial charge < -0.3 is 0 Å². The highest BCUT2D eigenvalue weighted by molar-refractivity contribution is 7.22. The van der Waals surface area contributed by atoms with Crippen LogP contribution < -0.4 is 5.32 Å². The van der Waals surface area contributed by atoms with Gasteiger partial charge in [0.05, 0.1) is 10.2 Å². The highest BCUT2D eigenvalue weighted by Gasteiger charge is 2.12. The van der Waals surface area contributed by atoms with Gasteiger partial charge in [0.15, 0.2) is 5.13 Å². The summed E-state index contributed by atoms with van der Waals surface area (Å²) in [5.41, 5.74) is 3.20. The van der Waals surface area contributed by atoms with Gasteiger partial charge in [-0.25, -0.2) is 4.98 Å². The van der Waals surface area contributed by atoms with Gasteiger partial charge in [0, 0.05) is 11.1 Å². The van der Waals surface area contributed by atoms with E-state index in [0.29, 0.717) is 10.2 Å². The molecule has 1 N–H and O–H groups in total. The van der Waals surface area contributed by atoms with E-state index in [9.17, 15) is 4.79 Å². The van der Waals surface area contributed by atoms with Crippen LogP contribution in [0.2, 0.25) is 5.02 Å². The van der Waals surface area contributed by atoms with Crippen molar-refractivity contribution in [2.45, 2.75) is 26.2 Å². The van der Waals surface area contributed by atoms with Crippen LogP contribution in [-0.2, 0) is 10.2 Å². The average molecular weight is 371 g/mol. The average Bonchev–Trinajstić information content (AvgIpc) is 2.93. The van der Waals surface area contributed by atoms with Crippen LogP contribution in [0.3, 0.4) is 0 Å². The van der Waals surface area contributed by atoms with E-state index in [-0.39, 0.29) is 11.3 Å². The van der Waals surface area contributed by atoms with Crippen LogP contribution in [0, 0.1) is 0 Å². The number of hydrogen-bond acceptors (Lipinski definition) is 3. The zero-order valence-electron chi connectivity index (χ0n) is 14.3. The molecule has 5 heteroatoms. The predicted molar refractivity (Wildman–Crippen MR) is 107 cm³/mol. The molecule has 1 amide bonds. The number of carbonyl (C=O) groups excluding carboxylic acids is 1. The van der Waals surface area contributed by atoms with Gasteiger partial charge >= 0.3 is 0 Å². The predicted octanol–water partition coefficient (Wildman–Crippen LogP) is 5.90. The number of carbonyl (C=O) groups is 1. The third-order valence-electron chi connectivity index (χ3n) is 3.78. The fourth-order valence-electron chi connectivity index (χ4n) is 2.37. The number of aromatic nitrogens is 1. The number of fused-ring (bicyclic) bond motifs is 1. The van der Waals surface area contributed by atoms with E-state index in [2.05, 4.69) is 43.2 Å². The van der Waals surface area contributed by atoms with E-state index in [1.165, 1.54) is 23.0 Å². The standard InChI is InChI=1S/C20H19ClN2OS/c1-20(2,3)14-7-4-13(5-8-14)6-11-18(24)23-19-22-16-10-9-15(21)12-17(16)25-19/h4-12H,1-3H3,(H,22,23,24)/b11-6+. The highest BCUT2D eigenvalue weighted by Crippen LogP contribution is 2.28. The number of nitrogens with one attached hydrogen (secondary N) is 1. The molecule has 0 aliphatic rings. The molecule has 0 spiro atoms. The van der Waals surface area contributed by atoms with Crippen LogP contribution in [0.15, 0.2) is 48.5 Å². The molecule has 0 saturated heterocycles. The quantitative estimate of drug-likeness (QED) is 0.583. The molecule has 2 aromatic carbocycles. The minimum atomic E-state index is -0.204. The van der Waals surface area contributed by atoms with E-state index < -0.39 is 0 Å². The molecule has 0 aliphatic carbocycles. The van der Waals surface area contributed by atoms with Gasteiger partial charge in [-0.3, -0.25) is 10.1 Å². The van der Waals surface area contributed by atoms with Crippen LogP contribution in [0.4, 0.5) is 5.13 Å². The lowest BCUT2D eigenvalue weighted by atomic mass is 9.87. The molecule has 3 aromatic rings. The van der Waals surface area contributed by atoms with Crippen molar-refractivity contribution in [3.63, 3.8) is 0 Å². The van der Waals surface area contributed by atoms with Crippen molar-refractivity contribution in [3.8, 4) is 0 Å². The Balaban J connectivity index is 1.67. The minimum Gasteiger partial charge on any atom is -0.298 e. The minimum absolute atomic E-state index is 0.120. The van der Waals surface area contributed by atoms with Crippen molar-refractivity contribution in [2.24, 2.45) is 0 Å². The Morgan fingerprint density at radius 2 is 1.88 bits per heavy atom. The SMILES string of the molecule is CC(C)(C)c1ccc(/C=C/C(=O)Nc2nc3ccc(Cl)cc3s2)cc1. The number of thiazole rings is 1. The first-order chi connectivity index (χ1) is 11.8. The van der Waals surface area contributed by atoms with E-state index in [0.717, 1.165) is 15.8 Å². The summed E-state index contributed by atoms with van der Waals surface area (Å²) in [5.74, 6) is -0.204. The molecule has 0 aliphatic heterocycles. The van der Waals surface area contributed by atoms with E-state index in [4.69, 9.17) is 11.6 Å². The second-order valence-corrected chi connectivity index (χ2v) is 8.29. The number of benzene rings is 2. The summed E-state index contributed by atoms with van der Waals surface area (Å²) in [5, 5.41) is 4.02. The monoisotopic (exact) mass is 370 g/mol. The second kappa shape index (κ2) is 6.98. The number of amides is 1. The van der Waals surface area contributed by atoms with Crippen molar-refractivity contribution in [3.05, 3.63) is 64.7 Å². The molecule has 3 rings (SSSR count). The Bertz CT molecular complexity index is 936. The van der Waals surface area contributed by atoms with Gasteiger partial charge in [0.1, 0.15) is 0 Å². The zero-order valence-corrected chi connectivity index (χ0v) is 15.9. The van der Waals surface area contributed by atoms with Crippen molar-refractivity contribution in [1.29, 1.82) is 0 Å². The Morgan fingerprint density at radius 3 is 2.56 bits per heavy atom. The van der Waals surface area contributed by atoms with Crippen LogP contribution in [-0.4, -0.2) is 10.9 Å². The Labute approximate surface area is 156 Å². The first-order valence-corrected chi connectivity index (χ1v) is 9.16. The van der Waals surface area contributed by atoms with Crippen LogP contribution in [0.5, 0.6) is 0 Å². The summed E-state index contributed by atoms with van der Waals surface area (Å²) in [6.07, 6.45) is 3.32. The Kier molecular flexibility index (Phi) is 4.93. The fourth-order valence-corrected chi connectivity index (χ4v) is 3.51. The third kappa shape index (κ3) is 4.47. The van der Waals surface area contributed by atoms with Gasteiger partial charge in [0.2, 0.25) is 5.91 Å². The number of rotatable bonds is 3. The van der Waals surface area contributed by atoms with Crippen molar-refractivity contribution in [2.75, 3.05) is 5.32 Å². The molecular formula is C20H19ClN2OS. The Morgan fingerprint density at radius 1 is 1.16 bits per heavy atom. The smallest absolute Gasteiger partial charge is 0.250 e. The maximum absolute atomic E-state index is 12.1. The number of halogens is 1. The number of nitrogens with zero attached hydrogens (tertiary/aromatic N) is 1. The lowest BCUT2D eigenvalue weighted by Crippen LogP contribution is -2.10. The summed E-state index contributed by atoms with van der Waals surface area (Å²) < 4.78 is 0.949. The van der Waals surface area contributed by atoms with Gasteiger partial charge in [-0.05, 0) is 40.8 Å². The maximum atomic E-state index is 12.1. The van der Waals surface area contributed by atoms with Crippen LogP contribution in [0.25, 0.3) is 16.3 Å². The van der Waals surface area contributed by atoms with Crippen LogP contribution in [0.1, 0.15) is 31.9 Å². The first-order valence-electron chi connectivity index (χ1n) is 7.97. The van der Waals surface area contributed by atoms with Crippen molar-refractivity contribution in [1.82, 2.24) is 4.98 Å². The summed E-state index contributed by atoms with van der Waals surface area (Å²) in [7, 11) is 0. The summed E-state index contributed by atoms with van der Waals surface area (Å²) in [6.45, 7) is 6.53. The van der Waals surface area contributed by atoms with Gasteiger partial charge in [0.25, 0.3) is 0 Å². The molecule has 0 unspecified atom stereocenters. The zero-order chi connectivity index (χ0) is 18.0. The number of anilines is 1. The molecule has 25 heavy (non-hydrogen) atoms. The second-order valence-electron chi connectivity index (χ2n) is 6.83. The fraction of sp³-hybridized carbons (Fsp3) is 0.200. The first kappa shape index (κ1) is 17.6. The largest absolute Gasteiger partial charge is 0.298 e. The molecule has 1 heterocycles. The molecule has 0 fully saturated rings. The van der Waals surface area contributed by atoms with E-state index >= 15 is 0 Å². The topological polar surface area (TPSA) is 42.0 Å². The summed E-state index contributed by atoms with van der Waals surface area (Å²) in [6, 6.07) is 13.7. The van der Waals surface area contributed by atoms with E-state index in [1.54, 1.807) is 12.1 Å². The molecule has 128 valence electrons. The molecule has 3 nitrogen and oxygen atoms in total. The molecule has 1 aromatic heterocycles. The highest BCUT2D eigenvalue weighted by atomic mass is 35.5. The lowest BCUT2D eigenvalue weighted by Gasteiger charge is -2.18.